The molecule has 3 heterocycles. The Morgan fingerprint density at radius 3 is 2.23 bits per heavy atom. The molecule has 2 aromatic rings. The maximum absolute atomic E-state index is 12.9. The molecule has 160 valence electrons. The number of amides is 1. The van der Waals surface area contributed by atoms with Crippen LogP contribution in [0.15, 0.2) is 30.5 Å². The first-order valence-corrected chi connectivity index (χ1v) is 12.0. The Morgan fingerprint density at radius 2 is 1.63 bits per heavy atom. The first-order chi connectivity index (χ1) is 14.3. The molecule has 30 heavy (non-hydrogen) atoms. The van der Waals surface area contributed by atoms with E-state index in [1.807, 2.05) is 4.90 Å². The van der Waals surface area contributed by atoms with Crippen molar-refractivity contribution in [3.63, 3.8) is 0 Å². The average molecular weight is 429 g/mol. The van der Waals surface area contributed by atoms with E-state index in [1.165, 1.54) is 32.9 Å². The van der Waals surface area contributed by atoms with E-state index in [4.69, 9.17) is 0 Å². The number of pyridine rings is 1. The number of hydrogen-bond acceptors (Lipinski definition) is 5. The summed E-state index contributed by atoms with van der Waals surface area (Å²) >= 11 is 0. The van der Waals surface area contributed by atoms with E-state index < -0.39 is 10.0 Å². The first kappa shape index (κ1) is 20.7. The zero-order valence-corrected chi connectivity index (χ0v) is 18.6. The highest BCUT2D eigenvalue weighted by Gasteiger charge is 2.30. The van der Waals surface area contributed by atoms with E-state index in [-0.39, 0.29) is 11.7 Å². The van der Waals surface area contributed by atoms with Gasteiger partial charge in [0.15, 0.2) is 0 Å². The molecule has 2 saturated heterocycles. The van der Waals surface area contributed by atoms with Gasteiger partial charge in [-0.15, -0.1) is 0 Å². The Bertz CT molecular complexity index is 1060. The zero-order chi connectivity index (χ0) is 21.5. The second kappa shape index (κ2) is 7.91. The van der Waals surface area contributed by atoms with Gasteiger partial charge in [0.1, 0.15) is 5.82 Å². The molecule has 0 N–H and O–H groups in total. The Morgan fingerprint density at radius 1 is 0.933 bits per heavy atom. The molecule has 0 spiro atoms. The number of carbonyl (C=O) groups is 1. The van der Waals surface area contributed by atoms with Gasteiger partial charge in [-0.2, -0.15) is 0 Å². The molecule has 8 heteroatoms. The number of hydrogen-bond donors (Lipinski definition) is 0. The molecule has 0 bridgehead atoms. The van der Waals surface area contributed by atoms with E-state index >= 15 is 0 Å². The summed E-state index contributed by atoms with van der Waals surface area (Å²) in [6.45, 7) is 9.69. The lowest BCUT2D eigenvalue weighted by Gasteiger charge is -2.37. The molecule has 0 atom stereocenters. The van der Waals surface area contributed by atoms with Gasteiger partial charge >= 0.3 is 0 Å². The van der Waals surface area contributed by atoms with Crippen molar-refractivity contribution in [2.45, 2.75) is 27.2 Å². The maximum atomic E-state index is 12.9. The Labute approximate surface area is 178 Å². The largest absolute Gasteiger partial charge is 0.368 e. The normalized spacial score (nSPS) is 18.7. The summed E-state index contributed by atoms with van der Waals surface area (Å²) in [5, 5.41) is 0. The fourth-order valence-corrected chi connectivity index (χ4v) is 5.69. The number of nitrogens with zero attached hydrogens (tertiary/aromatic N) is 4. The molecule has 1 aromatic heterocycles. The highest BCUT2D eigenvalue weighted by atomic mass is 32.2. The summed E-state index contributed by atoms with van der Waals surface area (Å²) < 4.78 is 25.4. The predicted octanol–water partition coefficient (Wildman–Crippen LogP) is 2.51. The van der Waals surface area contributed by atoms with Crippen LogP contribution in [0.2, 0.25) is 0 Å². The third-order valence-electron chi connectivity index (χ3n) is 6.07. The van der Waals surface area contributed by atoms with Gasteiger partial charge in [0, 0.05) is 44.6 Å². The van der Waals surface area contributed by atoms with Gasteiger partial charge in [-0.3, -0.25) is 9.10 Å². The molecule has 2 fully saturated rings. The van der Waals surface area contributed by atoms with Crippen molar-refractivity contribution < 1.29 is 13.2 Å². The van der Waals surface area contributed by atoms with Crippen LogP contribution < -0.4 is 9.21 Å². The summed E-state index contributed by atoms with van der Waals surface area (Å²) in [7, 11) is -3.27. The molecule has 0 radical (unpaired) electrons. The van der Waals surface area contributed by atoms with E-state index in [0.717, 1.165) is 13.1 Å². The quantitative estimate of drug-likeness (QED) is 0.751. The second-order valence-electron chi connectivity index (χ2n) is 8.15. The molecular formula is C22H28N4O3S. The topological polar surface area (TPSA) is 73.8 Å². The molecular weight excluding hydrogens is 400 g/mol. The average Bonchev–Trinajstić information content (AvgIpc) is 3.09. The van der Waals surface area contributed by atoms with Gasteiger partial charge in [0.2, 0.25) is 10.0 Å². The minimum Gasteiger partial charge on any atom is -0.368 e. The van der Waals surface area contributed by atoms with Crippen molar-refractivity contribution in [1.82, 2.24) is 9.88 Å². The number of aromatic nitrogens is 1. The van der Waals surface area contributed by atoms with E-state index in [0.29, 0.717) is 37.4 Å². The van der Waals surface area contributed by atoms with Crippen LogP contribution in [0.4, 0.5) is 11.5 Å². The Balaban J connectivity index is 1.42. The van der Waals surface area contributed by atoms with Gasteiger partial charge in [-0.1, -0.05) is 6.07 Å². The minimum atomic E-state index is -3.27. The van der Waals surface area contributed by atoms with Crippen LogP contribution in [-0.4, -0.2) is 62.7 Å². The number of rotatable bonds is 3. The molecule has 0 aliphatic carbocycles. The van der Waals surface area contributed by atoms with Crippen LogP contribution in [0, 0.1) is 20.8 Å². The second-order valence-corrected chi connectivity index (χ2v) is 10.2. The van der Waals surface area contributed by atoms with Crippen LogP contribution >= 0.6 is 0 Å². The monoisotopic (exact) mass is 428 g/mol. The summed E-state index contributed by atoms with van der Waals surface area (Å²) in [5.41, 5.74) is 5.56. The summed E-state index contributed by atoms with van der Waals surface area (Å²) in [5.74, 6) is 0.480. The number of piperazine rings is 1. The van der Waals surface area contributed by atoms with Gasteiger partial charge < -0.3 is 9.80 Å². The molecule has 0 saturated carbocycles. The van der Waals surface area contributed by atoms with Crippen molar-refractivity contribution >= 4 is 27.4 Å². The van der Waals surface area contributed by atoms with Crippen molar-refractivity contribution in [2.24, 2.45) is 0 Å². The zero-order valence-electron chi connectivity index (χ0n) is 17.8. The molecule has 4 rings (SSSR count). The lowest BCUT2D eigenvalue weighted by atomic mass is 10.0. The fourth-order valence-electron chi connectivity index (χ4n) is 4.18. The third kappa shape index (κ3) is 3.88. The van der Waals surface area contributed by atoms with Gasteiger partial charge in [-0.05, 0) is 62.1 Å². The van der Waals surface area contributed by atoms with Crippen molar-refractivity contribution in [3.8, 4) is 0 Å². The van der Waals surface area contributed by atoms with Gasteiger partial charge in [0.05, 0.1) is 11.3 Å². The lowest BCUT2D eigenvalue weighted by molar-refractivity contribution is 0.0746. The lowest BCUT2D eigenvalue weighted by Crippen LogP contribution is -2.49. The summed E-state index contributed by atoms with van der Waals surface area (Å²) in [4.78, 5) is 21.3. The van der Waals surface area contributed by atoms with Gasteiger partial charge in [-0.25, -0.2) is 13.4 Å². The molecule has 2 aliphatic rings. The fraction of sp³-hybridized carbons (Fsp3) is 0.455. The summed E-state index contributed by atoms with van der Waals surface area (Å²) in [6, 6.07) is 7.76. The highest BCUT2D eigenvalue weighted by molar-refractivity contribution is 7.93. The number of anilines is 2. The van der Waals surface area contributed by atoms with Crippen LogP contribution in [0.5, 0.6) is 0 Å². The maximum Gasteiger partial charge on any atom is 0.255 e. The smallest absolute Gasteiger partial charge is 0.255 e. The molecule has 1 aromatic carbocycles. The Hall–Kier alpha value is -2.61. The molecule has 0 unspecified atom stereocenters. The van der Waals surface area contributed by atoms with Crippen molar-refractivity contribution in [1.29, 1.82) is 0 Å². The van der Waals surface area contributed by atoms with Gasteiger partial charge in [0.25, 0.3) is 5.91 Å². The third-order valence-corrected chi connectivity index (χ3v) is 7.92. The molecule has 1 amide bonds. The number of sulfonamides is 1. The SMILES string of the molecule is Cc1cc(C)c(N2CCN(C(=O)c3ccc(N4CCCS4(=O)=O)nc3)CC2)cc1C. The number of carbonyl (C=O) groups excluding carboxylic acids is 1. The van der Waals surface area contributed by atoms with Crippen LogP contribution in [0.1, 0.15) is 33.5 Å². The molecule has 2 aliphatic heterocycles. The highest BCUT2D eigenvalue weighted by Crippen LogP contribution is 2.26. The van der Waals surface area contributed by atoms with Crippen LogP contribution in [0.25, 0.3) is 0 Å². The Kier molecular flexibility index (Phi) is 5.44. The number of benzene rings is 1. The van der Waals surface area contributed by atoms with E-state index in [1.54, 1.807) is 12.1 Å². The standard InChI is InChI=1S/C22H28N4O3S/c1-16-13-18(3)20(14-17(16)2)24-8-10-25(11-9-24)22(27)19-5-6-21(23-15-19)26-7-4-12-30(26,28)29/h5-6,13-15H,4,7-12H2,1-3H3. The summed E-state index contributed by atoms with van der Waals surface area (Å²) in [6.07, 6.45) is 2.10. The van der Waals surface area contributed by atoms with Crippen molar-refractivity contribution in [3.05, 3.63) is 52.7 Å². The van der Waals surface area contributed by atoms with E-state index in [2.05, 4.69) is 42.8 Å². The van der Waals surface area contributed by atoms with Crippen LogP contribution in [0.3, 0.4) is 0 Å². The molecule has 7 nitrogen and oxygen atoms in total. The van der Waals surface area contributed by atoms with Crippen molar-refractivity contribution in [2.75, 3.05) is 47.7 Å². The number of aryl methyl sites for hydroxylation is 3. The predicted molar refractivity (Wildman–Crippen MR) is 119 cm³/mol. The first-order valence-electron chi connectivity index (χ1n) is 10.3. The van der Waals surface area contributed by atoms with E-state index in [9.17, 15) is 13.2 Å². The minimum absolute atomic E-state index is 0.0604. The van der Waals surface area contributed by atoms with Crippen LogP contribution in [-0.2, 0) is 10.0 Å².